The number of methoxy groups -OCH3 is 1. The van der Waals surface area contributed by atoms with Crippen molar-refractivity contribution in [3.63, 3.8) is 0 Å². The Hall–Kier alpha value is -1.22. The molecule has 108 valence electrons. The maximum Gasteiger partial charge on any atom is 0.161 e. The van der Waals surface area contributed by atoms with Crippen LogP contribution in [0.25, 0.3) is 0 Å². The molecule has 3 nitrogen and oxygen atoms in total. The van der Waals surface area contributed by atoms with E-state index >= 15 is 0 Å². The molecule has 0 aliphatic heterocycles. The van der Waals surface area contributed by atoms with E-state index in [4.69, 9.17) is 9.47 Å². The van der Waals surface area contributed by atoms with E-state index in [0.29, 0.717) is 12.6 Å². The summed E-state index contributed by atoms with van der Waals surface area (Å²) in [5.41, 5.74) is 1.41. The highest BCUT2D eigenvalue weighted by Gasteiger charge is 2.23. The molecule has 0 aromatic heterocycles. The van der Waals surface area contributed by atoms with Crippen molar-refractivity contribution in [2.24, 2.45) is 5.41 Å². The molecule has 0 bridgehead atoms. The van der Waals surface area contributed by atoms with E-state index in [-0.39, 0.29) is 5.41 Å². The van der Waals surface area contributed by atoms with E-state index in [1.807, 2.05) is 19.2 Å². The lowest BCUT2D eigenvalue weighted by molar-refractivity contribution is 0.177. The number of hydrogen-bond acceptors (Lipinski definition) is 3. The quantitative estimate of drug-likeness (QED) is 0.856. The Morgan fingerprint density at radius 1 is 1.21 bits per heavy atom. The van der Waals surface area contributed by atoms with Crippen molar-refractivity contribution in [3.8, 4) is 11.5 Å². The molecular weight excluding hydrogens is 238 g/mol. The first-order valence-corrected chi connectivity index (χ1v) is 6.89. The van der Waals surface area contributed by atoms with Crippen LogP contribution in [-0.2, 0) is 6.42 Å². The minimum Gasteiger partial charge on any atom is -0.493 e. The maximum absolute atomic E-state index is 5.92. The van der Waals surface area contributed by atoms with Gasteiger partial charge in [-0.1, -0.05) is 33.8 Å². The van der Waals surface area contributed by atoms with Crippen LogP contribution >= 0.6 is 0 Å². The van der Waals surface area contributed by atoms with E-state index in [1.165, 1.54) is 5.56 Å². The highest BCUT2D eigenvalue weighted by Crippen LogP contribution is 2.29. The van der Waals surface area contributed by atoms with Gasteiger partial charge in [0, 0.05) is 6.04 Å². The average molecular weight is 265 g/mol. The van der Waals surface area contributed by atoms with Crippen molar-refractivity contribution in [2.75, 3.05) is 20.8 Å². The molecule has 0 fully saturated rings. The third-order valence-electron chi connectivity index (χ3n) is 3.44. The van der Waals surface area contributed by atoms with Crippen molar-refractivity contribution in [1.82, 2.24) is 5.32 Å². The molecule has 19 heavy (non-hydrogen) atoms. The normalized spacial score (nSPS) is 13.2. The lowest BCUT2D eigenvalue weighted by atomic mass is 9.87. The SMILES string of the molecule is CCc1ccc(OCC(NC)C(C)(C)C)c(OC)c1. The van der Waals surface area contributed by atoms with Crippen LogP contribution in [0.4, 0.5) is 0 Å². The molecule has 1 rings (SSSR count). The minimum atomic E-state index is 0.158. The molecule has 0 aliphatic carbocycles. The van der Waals surface area contributed by atoms with E-state index < -0.39 is 0 Å². The fourth-order valence-corrected chi connectivity index (χ4v) is 1.99. The van der Waals surface area contributed by atoms with Gasteiger partial charge in [-0.15, -0.1) is 0 Å². The van der Waals surface area contributed by atoms with Gasteiger partial charge in [0.15, 0.2) is 11.5 Å². The number of aryl methyl sites for hydroxylation is 1. The summed E-state index contributed by atoms with van der Waals surface area (Å²) in [4.78, 5) is 0. The van der Waals surface area contributed by atoms with Crippen LogP contribution < -0.4 is 14.8 Å². The summed E-state index contributed by atoms with van der Waals surface area (Å²) >= 11 is 0. The van der Waals surface area contributed by atoms with Crippen LogP contribution in [0.3, 0.4) is 0 Å². The second kappa shape index (κ2) is 6.80. The van der Waals surface area contributed by atoms with Gasteiger partial charge in [-0.25, -0.2) is 0 Å². The lowest BCUT2D eigenvalue weighted by Crippen LogP contribution is -2.42. The molecule has 1 N–H and O–H groups in total. The summed E-state index contributed by atoms with van der Waals surface area (Å²) in [5.74, 6) is 1.62. The summed E-state index contributed by atoms with van der Waals surface area (Å²) in [7, 11) is 3.65. The van der Waals surface area contributed by atoms with E-state index in [2.05, 4.69) is 39.1 Å². The molecule has 0 radical (unpaired) electrons. The molecule has 0 saturated carbocycles. The highest BCUT2D eigenvalue weighted by atomic mass is 16.5. The van der Waals surface area contributed by atoms with Crippen molar-refractivity contribution >= 4 is 0 Å². The Labute approximate surface area is 117 Å². The first-order chi connectivity index (χ1) is 8.92. The summed E-state index contributed by atoms with van der Waals surface area (Å²) < 4.78 is 11.3. The summed E-state index contributed by atoms with van der Waals surface area (Å²) in [6.45, 7) is 9.37. The van der Waals surface area contributed by atoms with Gasteiger partial charge in [0.1, 0.15) is 6.61 Å². The zero-order valence-electron chi connectivity index (χ0n) is 13.0. The number of rotatable bonds is 6. The fourth-order valence-electron chi connectivity index (χ4n) is 1.99. The Bertz CT molecular complexity index is 396. The van der Waals surface area contributed by atoms with Crippen molar-refractivity contribution in [3.05, 3.63) is 23.8 Å². The fraction of sp³-hybridized carbons (Fsp3) is 0.625. The first kappa shape index (κ1) is 15.8. The molecule has 0 saturated heterocycles. The number of likely N-dealkylation sites (N-methyl/N-ethyl adjacent to an activating group) is 1. The predicted octanol–water partition coefficient (Wildman–Crippen LogP) is 3.27. The smallest absolute Gasteiger partial charge is 0.161 e. The molecule has 1 unspecified atom stereocenters. The first-order valence-electron chi connectivity index (χ1n) is 6.89. The summed E-state index contributed by atoms with van der Waals surface area (Å²) in [5, 5.41) is 3.31. The third kappa shape index (κ3) is 4.43. The van der Waals surface area contributed by atoms with Crippen LogP contribution in [0.15, 0.2) is 18.2 Å². The standard InChI is InChI=1S/C16H27NO2/c1-7-12-8-9-13(14(10-12)18-6)19-11-15(17-5)16(2,3)4/h8-10,15,17H,7,11H2,1-6H3. The number of benzene rings is 1. The Balaban J connectivity index is 2.77. The van der Waals surface area contributed by atoms with Crippen LogP contribution in [0.2, 0.25) is 0 Å². The van der Waals surface area contributed by atoms with Crippen LogP contribution in [0.1, 0.15) is 33.3 Å². The Kier molecular flexibility index (Phi) is 5.67. The molecule has 1 aromatic carbocycles. The molecule has 0 aliphatic rings. The van der Waals surface area contributed by atoms with Gasteiger partial charge in [-0.3, -0.25) is 0 Å². The molecular formula is C16H27NO2. The predicted molar refractivity (Wildman–Crippen MR) is 80.2 cm³/mol. The molecule has 0 amide bonds. The molecule has 3 heteroatoms. The van der Waals surface area contributed by atoms with Gasteiger partial charge in [-0.2, -0.15) is 0 Å². The molecule has 0 spiro atoms. The molecule has 1 atom stereocenters. The summed E-state index contributed by atoms with van der Waals surface area (Å²) in [6.07, 6.45) is 0.998. The summed E-state index contributed by atoms with van der Waals surface area (Å²) in [6, 6.07) is 6.42. The minimum absolute atomic E-state index is 0.158. The number of hydrogen-bond donors (Lipinski definition) is 1. The zero-order chi connectivity index (χ0) is 14.5. The zero-order valence-corrected chi connectivity index (χ0v) is 13.0. The van der Waals surface area contributed by atoms with E-state index in [1.54, 1.807) is 7.11 Å². The second-order valence-corrected chi connectivity index (χ2v) is 5.86. The lowest BCUT2D eigenvalue weighted by Gasteiger charge is -2.30. The van der Waals surface area contributed by atoms with Crippen LogP contribution in [0.5, 0.6) is 11.5 Å². The maximum atomic E-state index is 5.92. The second-order valence-electron chi connectivity index (χ2n) is 5.86. The molecule has 1 aromatic rings. The monoisotopic (exact) mass is 265 g/mol. The Morgan fingerprint density at radius 3 is 2.37 bits per heavy atom. The van der Waals surface area contributed by atoms with E-state index in [9.17, 15) is 0 Å². The van der Waals surface area contributed by atoms with Gasteiger partial charge in [0.05, 0.1) is 7.11 Å². The van der Waals surface area contributed by atoms with Crippen molar-refractivity contribution in [2.45, 2.75) is 40.2 Å². The van der Waals surface area contributed by atoms with Crippen molar-refractivity contribution < 1.29 is 9.47 Å². The van der Waals surface area contributed by atoms with Crippen LogP contribution in [-0.4, -0.2) is 26.8 Å². The van der Waals surface area contributed by atoms with Gasteiger partial charge in [0.25, 0.3) is 0 Å². The topological polar surface area (TPSA) is 30.5 Å². The van der Waals surface area contributed by atoms with Crippen molar-refractivity contribution in [1.29, 1.82) is 0 Å². The largest absolute Gasteiger partial charge is 0.493 e. The number of nitrogens with one attached hydrogen (secondary N) is 1. The van der Waals surface area contributed by atoms with Gasteiger partial charge in [-0.05, 0) is 36.6 Å². The van der Waals surface area contributed by atoms with Gasteiger partial charge >= 0.3 is 0 Å². The van der Waals surface area contributed by atoms with E-state index in [0.717, 1.165) is 17.9 Å². The average Bonchev–Trinajstić information content (AvgIpc) is 2.38. The molecule has 0 heterocycles. The van der Waals surface area contributed by atoms with Crippen LogP contribution in [0, 0.1) is 5.41 Å². The highest BCUT2D eigenvalue weighted by molar-refractivity contribution is 5.43. The number of ether oxygens (including phenoxy) is 2. The third-order valence-corrected chi connectivity index (χ3v) is 3.44. The van der Waals surface area contributed by atoms with Gasteiger partial charge < -0.3 is 14.8 Å². The van der Waals surface area contributed by atoms with Gasteiger partial charge in [0.2, 0.25) is 0 Å². The Morgan fingerprint density at radius 2 is 1.89 bits per heavy atom.